The van der Waals surface area contributed by atoms with Crippen molar-refractivity contribution >= 4 is 29.0 Å². The smallest absolute Gasteiger partial charge is 0.337 e. The molecule has 0 radical (unpaired) electrons. The number of hydrogen-bond donors (Lipinski definition) is 1. The molecule has 2 aromatic heterocycles. The quantitative estimate of drug-likeness (QED) is 0.231. The molecule has 9 nitrogen and oxygen atoms in total. The minimum atomic E-state index is -1.28. The molecular weight excluding hydrogens is 635 g/mol. The van der Waals surface area contributed by atoms with E-state index in [1.54, 1.807) is 28.8 Å². The first-order valence-electron chi connectivity index (χ1n) is 16.7. The van der Waals surface area contributed by atoms with Gasteiger partial charge in [-0.05, 0) is 104 Å². The van der Waals surface area contributed by atoms with Crippen molar-refractivity contribution in [1.29, 1.82) is 0 Å². The number of nitrogens with zero attached hydrogens (tertiary/aromatic N) is 4. The highest BCUT2D eigenvalue weighted by Crippen LogP contribution is 2.42. The van der Waals surface area contributed by atoms with Gasteiger partial charge in [0.05, 0.1) is 33.6 Å². The molecule has 0 spiro atoms. The number of aliphatic carboxylic acids is 1. The van der Waals surface area contributed by atoms with Gasteiger partial charge in [-0.25, -0.2) is 14.2 Å². The number of benzene rings is 2. The van der Waals surface area contributed by atoms with Gasteiger partial charge < -0.3 is 24.2 Å². The summed E-state index contributed by atoms with van der Waals surface area (Å²) < 4.78 is 36.3. The standard InChI is InChI=1S/C37H44ClFN4O5/c1-22-10-7-8-19-46-37(6)15-17-42(18-16-37)34-31(33(35(44)45)48-36(3,4)5)23(2)40-30-21-28(41-43(30)34)24-13-14-27(39)25(20-24)32-26(38)11-9-12-29(32)47-22/h9,11-14,20-22,33H,7-8,10,15-19H2,1-6H3,(H,44,45)/t22-,33+/m1/s1. The molecule has 3 aliphatic heterocycles. The highest BCUT2D eigenvalue weighted by atomic mass is 35.5. The van der Waals surface area contributed by atoms with Crippen molar-refractivity contribution in [2.24, 2.45) is 0 Å². The number of fused-ring (bicyclic) bond motifs is 8. The highest BCUT2D eigenvalue weighted by Gasteiger charge is 2.38. The summed E-state index contributed by atoms with van der Waals surface area (Å²) in [7, 11) is 0. The average molecular weight is 679 g/mol. The van der Waals surface area contributed by atoms with Crippen molar-refractivity contribution in [3.63, 3.8) is 0 Å². The van der Waals surface area contributed by atoms with Crippen LogP contribution in [0.4, 0.5) is 10.2 Å². The van der Waals surface area contributed by atoms with Crippen LogP contribution in [0.3, 0.4) is 0 Å². The second kappa shape index (κ2) is 13.3. The number of hydrogen-bond acceptors (Lipinski definition) is 7. The fourth-order valence-corrected chi connectivity index (χ4v) is 6.93. The number of aryl methyl sites for hydroxylation is 1. The zero-order valence-corrected chi connectivity index (χ0v) is 29.2. The normalized spacial score (nSPS) is 21.2. The van der Waals surface area contributed by atoms with Crippen molar-refractivity contribution in [3.05, 3.63) is 64.6 Å². The van der Waals surface area contributed by atoms with E-state index >= 15 is 4.39 Å². The molecule has 4 aromatic rings. The molecule has 11 heteroatoms. The first-order chi connectivity index (χ1) is 22.7. The number of ether oxygens (including phenoxy) is 3. The van der Waals surface area contributed by atoms with Gasteiger partial charge in [0.15, 0.2) is 11.8 Å². The Bertz CT molecular complexity index is 1830. The summed E-state index contributed by atoms with van der Waals surface area (Å²) in [6.07, 6.45) is 2.69. The summed E-state index contributed by atoms with van der Waals surface area (Å²) in [6, 6.07) is 12.0. The largest absolute Gasteiger partial charge is 0.490 e. The Labute approximate surface area is 286 Å². The SMILES string of the molecule is Cc1nc2cc3nn2c(c1[C@H](OC(C)(C)C)C(=O)O)N1CCC(C)(CC1)OCCCC[C@@H](C)Oc1cccc(Cl)c1-c1cc-3ccc1F. The van der Waals surface area contributed by atoms with Crippen molar-refractivity contribution in [2.75, 3.05) is 24.6 Å². The Morgan fingerprint density at radius 1 is 1.17 bits per heavy atom. The van der Waals surface area contributed by atoms with Gasteiger partial charge in [-0.15, -0.1) is 0 Å². The van der Waals surface area contributed by atoms with Gasteiger partial charge in [0.25, 0.3) is 0 Å². The Hall–Kier alpha value is -3.73. The number of piperidine rings is 1. The molecule has 48 heavy (non-hydrogen) atoms. The first kappa shape index (κ1) is 34.1. The lowest BCUT2D eigenvalue weighted by molar-refractivity contribution is -0.160. The molecule has 0 unspecified atom stereocenters. The summed E-state index contributed by atoms with van der Waals surface area (Å²) in [5.41, 5.74) is 2.45. The third-order valence-electron chi connectivity index (χ3n) is 9.17. The van der Waals surface area contributed by atoms with Gasteiger partial charge in [-0.1, -0.05) is 17.7 Å². The number of aromatic nitrogens is 3. The van der Waals surface area contributed by atoms with E-state index in [-0.39, 0.29) is 11.7 Å². The molecule has 0 amide bonds. The van der Waals surface area contributed by atoms with E-state index in [1.165, 1.54) is 6.07 Å². The molecule has 1 fully saturated rings. The minimum absolute atomic E-state index is 0.116. The zero-order chi connectivity index (χ0) is 34.4. The predicted octanol–water partition coefficient (Wildman–Crippen LogP) is 8.43. The maximum atomic E-state index is 15.6. The minimum Gasteiger partial charge on any atom is -0.490 e. The molecule has 1 N–H and O–H groups in total. The molecule has 0 saturated carbocycles. The zero-order valence-electron chi connectivity index (χ0n) is 28.5. The molecule has 7 rings (SSSR count). The Balaban J connectivity index is 1.56. The van der Waals surface area contributed by atoms with Crippen LogP contribution in [0, 0.1) is 12.7 Å². The first-order valence-corrected chi connectivity index (χ1v) is 17.1. The molecule has 5 heterocycles. The molecule has 3 aliphatic rings. The number of carboxylic acid groups (broad SMARTS) is 1. The van der Waals surface area contributed by atoms with Gasteiger partial charge in [0, 0.05) is 48.1 Å². The summed E-state index contributed by atoms with van der Waals surface area (Å²) in [4.78, 5) is 19.8. The lowest BCUT2D eigenvalue weighted by Crippen LogP contribution is -2.46. The fraction of sp³-hybridized carbons (Fsp3) is 0.486. The van der Waals surface area contributed by atoms with Gasteiger partial charge in [-0.3, -0.25) is 0 Å². The van der Waals surface area contributed by atoms with Crippen LogP contribution in [-0.2, 0) is 14.3 Å². The van der Waals surface area contributed by atoms with E-state index in [9.17, 15) is 9.90 Å². The van der Waals surface area contributed by atoms with E-state index in [1.807, 2.05) is 46.8 Å². The summed E-state index contributed by atoms with van der Waals surface area (Å²) >= 11 is 6.72. The Kier molecular flexibility index (Phi) is 9.45. The fourth-order valence-electron chi connectivity index (χ4n) is 6.66. The van der Waals surface area contributed by atoms with E-state index in [4.69, 9.17) is 35.9 Å². The van der Waals surface area contributed by atoms with Crippen LogP contribution in [0.5, 0.6) is 5.75 Å². The van der Waals surface area contributed by atoms with Crippen molar-refractivity contribution in [3.8, 4) is 28.1 Å². The molecular formula is C37H44ClFN4O5. The summed E-state index contributed by atoms with van der Waals surface area (Å²) in [5, 5.41) is 15.8. The third kappa shape index (κ3) is 7.02. The average Bonchev–Trinajstić information content (AvgIpc) is 3.43. The number of carboxylic acids is 1. The van der Waals surface area contributed by atoms with Crippen LogP contribution < -0.4 is 9.64 Å². The van der Waals surface area contributed by atoms with Crippen molar-refractivity contribution in [1.82, 2.24) is 14.6 Å². The third-order valence-corrected chi connectivity index (χ3v) is 9.49. The Morgan fingerprint density at radius 3 is 2.62 bits per heavy atom. The molecule has 256 valence electrons. The molecule has 2 aromatic carbocycles. The summed E-state index contributed by atoms with van der Waals surface area (Å²) in [5.74, 6) is -0.420. The van der Waals surface area contributed by atoms with E-state index < -0.39 is 23.5 Å². The van der Waals surface area contributed by atoms with Crippen molar-refractivity contribution < 1.29 is 28.5 Å². The predicted molar refractivity (Wildman–Crippen MR) is 185 cm³/mol. The van der Waals surface area contributed by atoms with Crippen LogP contribution in [-0.4, -0.2) is 62.7 Å². The van der Waals surface area contributed by atoms with Crippen LogP contribution in [0.1, 0.15) is 84.1 Å². The van der Waals surface area contributed by atoms with Crippen molar-refractivity contribution in [2.45, 2.75) is 97.1 Å². The number of halogens is 2. The topological polar surface area (TPSA) is 98.4 Å². The van der Waals surface area contributed by atoms with Crippen LogP contribution in [0.25, 0.3) is 28.0 Å². The van der Waals surface area contributed by atoms with Crippen LogP contribution >= 0.6 is 11.6 Å². The highest BCUT2D eigenvalue weighted by molar-refractivity contribution is 6.33. The number of anilines is 1. The van der Waals surface area contributed by atoms with Crippen LogP contribution in [0.15, 0.2) is 42.5 Å². The maximum absolute atomic E-state index is 15.6. The van der Waals surface area contributed by atoms with Gasteiger partial charge >= 0.3 is 5.97 Å². The summed E-state index contributed by atoms with van der Waals surface area (Å²) in [6.45, 7) is 13.3. The Morgan fingerprint density at radius 2 is 1.92 bits per heavy atom. The number of carbonyl (C=O) groups is 1. The lowest BCUT2D eigenvalue weighted by atomic mass is 9.92. The monoisotopic (exact) mass is 678 g/mol. The second-order valence-electron chi connectivity index (χ2n) is 14.2. The van der Waals surface area contributed by atoms with Gasteiger partial charge in [0.1, 0.15) is 17.4 Å². The van der Waals surface area contributed by atoms with E-state index in [2.05, 4.69) is 11.8 Å². The van der Waals surface area contributed by atoms with Gasteiger partial charge in [-0.2, -0.15) is 9.61 Å². The number of rotatable bonds is 3. The molecule has 1 saturated heterocycles. The molecule has 6 bridgehead atoms. The molecule has 0 aliphatic carbocycles. The van der Waals surface area contributed by atoms with E-state index in [0.29, 0.717) is 75.6 Å². The maximum Gasteiger partial charge on any atom is 0.337 e. The lowest BCUT2D eigenvalue weighted by Gasteiger charge is -2.41. The second-order valence-corrected chi connectivity index (χ2v) is 14.6. The molecule has 2 atom stereocenters. The van der Waals surface area contributed by atoms with Crippen LogP contribution in [0.2, 0.25) is 5.02 Å². The van der Waals surface area contributed by atoms with E-state index in [0.717, 1.165) is 32.1 Å². The van der Waals surface area contributed by atoms with Gasteiger partial charge in [0.2, 0.25) is 0 Å².